The summed E-state index contributed by atoms with van der Waals surface area (Å²) in [6.45, 7) is 4.22. The van der Waals surface area contributed by atoms with E-state index in [1.165, 1.54) is 73.7 Å². The van der Waals surface area contributed by atoms with Gasteiger partial charge in [0.15, 0.2) is 0 Å². The van der Waals surface area contributed by atoms with Gasteiger partial charge in [0.25, 0.3) is 0 Å². The number of halogens is 3. The lowest BCUT2D eigenvalue weighted by Gasteiger charge is -2.41. The number of hydrogen-bond donors (Lipinski definition) is 3. The molecule has 97 heavy (non-hydrogen) atoms. The monoisotopic (exact) mass is 1370 g/mol. The van der Waals surface area contributed by atoms with Crippen molar-refractivity contribution >= 4 is 70.9 Å². The van der Waals surface area contributed by atoms with Gasteiger partial charge < -0.3 is 64.8 Å². The number of piperidine rings is 1. The van der Waals surface area contributed by atoms with Crippen molar-refractivity contribution in [3.8, 4) is 5.75 Å². The zero-order chi connectivity index (χ0) is 71.4. The van der Waals surface area contributed by atoms with Crippen LogP contribution >= 0.6 is 0 Å². The first kappa shape index (κ1) is 78.4. The minimum absolute atomic E-state index is 0.0120. The highest BCUT2D eigenvalue weighted by molar-refractivity contribution is 5.98. The molecule has 6 rings (SSSR count). The molecule has 1 aromatic rings. The molecule has 12 amide bonds. The fourth-order valence-corrected chi connectivity index (χ4v) is 13.9. The van der Waals surface area contributed by atoms with Gasteiger partial charge in [-0.25, -0.2) is 0 Å². The molecular formula is C69H107F3N12O13. The molecule has 3 N–H and O–H groups in total. The Morgan fingerprint density at radius 3 is 1.84 bits per heavy atom. The third-order valence-corrected chi connectivity index (χ3v) is 20.6. The summed E-state index contributed by atoms with van der Waals surface area (Å²) in [5, 5.41) is 8.43. The minimum Gasteiger partial charge on any atom is -0.494 e. The van der Waals surface area contributed by atoms with E-state index in [0.717, 1.165) is 110 Å². The van der Waals surface area contributed by atoms with Crippen molar-refractivity contribution in [3.63, 3.8) is 0 Å². The first-order chi connectivity index (χ1) is 45.9. The summed E-state index contributed by atoms with van der Waals surface area (Å²) in [6.07, 6.45) is 7.22. The number of ether oxygens (including phenoxy) is 1. The summed E-state index contributed by atoms with van der Waals surface area (Å²) in [7, 11) is 10.0. The van der Waals surface area contributed by atoms with Gasteiger partial charge in [-0.15, -0.1) is 0 Å². The molecule has 5 fully saturated rings. The summed E-state index contributed by atoms with van der Waals surface area (Å²) < 4.78 is 46.0. The van der Waals surface area contributed by atoms with Crippen molar-refractivity contribution in [2.45, 2.75) is 210 Å². The van der Waals surface area contributed by atoms with E-state index in [4.69, 9.17) is 4.74 Å². The zero-order valence-corrected chi connectivity index (χ0v) is 58.8. The lowest BCUT2D eigenvalue weighted by atomic mass is 9.82. The summed E-state index contributed by atoms with van der Waals surface area (Å²) in [4.78, 5) is 185. The van der Waals surface area contributed by atoms with Crippen LogP contribution in [0.5, 0.6) is 5.75 Å². The third-order valence-electron chi connectivity index (χ3n) is 20.6. The SMILES string of the molecule is CC[C@H](C)[C@@H]1NC(=O)[C@H](C)N(C)C(=O)C[C@@H](C(=O)N2CCCCC2)N(C)C(=O)[C@H](C2CCCCC2)N(C)C(=O)CCCCNC(=O)[C@@H]2CCCN2C(=O)[C@H](CCOc2ccc(C(F)(F)F)cc2)NC(=O)CN(C)C(=O)[C@H](CC2CCCCC2)N(C)C(=O)CN(C)C(=O)CN(C)C1=O. The molecular weight excluding hydrogens is 1260 g/mol. The molecule has 5 aliphatic rings. The lowest BCUT2D eigenvalue weighted by Crippen LogP contribution is -2.59. The first-order valence-corrected chi connectivity index (χ1v) is 35.0. The van der Waals surface area contributed by atoms with E-state index < -0.39 is 151 Å². The summed E-state index contributed by atoms with van der Waals surface area (Å²) in [5.41, 5.74) is -0.901. The summed E-state index contributed by atoms with van der Waals surface area (Å²) in [6, 6.07) is -4.18. The van der Waals surface area contributed by atoms with E-state index in [1.54, 1.807) is 18.9 Å². The first-order valence-electron chi connectivity index (χ1n) is 35.0. The molecule has 3 heterocycles. The van der Waals surface area contributed by atoms with Crippen LogP contribution in [0.25, 0.3) is 0 Å². The lowest BCUT2D eigenvalue weighted by molar-refractivity contribution is -0.155. The van der Waals surface area contributed by atoms with Crippen molar-refractivity contribution in [1.29, 1.82) is 0 Å². The Morgan fingerprint density at radius 1 is 0.598 bits per heavy atom. The number of nitrogens with zero attached hydrogens (tertiary/aromatic N) is 9. The molecule has 0 radical (unpaired) electrons. The van der Waals surface area contributed by atoms with Gasteiger partial charge in [0.1, 0.15) is 48.0 Å². The maximum Gasteiger partial charge on any atom is 0.416 e. The average molecular weight is 1370 g/mol. The standard InChI is InChI=1S/C69H107F3N12O13/c1-11-45(2)60-67(95)78(6)43-58(88)76(4)44-59(89)80(8)53(40-47-24-15-12-16-25-47)65(93)77(5)42-55(85)74-51(34-39-97-50-32-30-49(31-33-50)69(70,71)72)64(92)84-38-23-28-52(84)63(91)73-35-20-19-29-56(86)82(10)61(48-26-17-13-18-27-48)68(96)81(9)54(66(94)83-36-21-14-22-37-83)41-57(87)79(7)46(3)62(90)75-60/h30-33,45-48,51-54,60-61H,11-29,34-44H2,1-10H3,(H,73,91)(H,74,85)(H,75,90)/t45-,46-,51-,52-,53-,54-,60-,61-/m0/s1. The third kappa shape index (κ3) is 21.7. The van der Waals surface area contributed by atoms with Crippen molar-refractivity contribution in [2.75, 3.05) is 102 Å². The van der Waals surface area contributed by atoms with Crippen LogP contribution in [-0.4, -0.2) is 259 Å². The van der Waals surface area contributed by atoms with Crippen LogP contribution in [-0.2, 0) is 63.7 Å². The maximum atomic E-state index is 15.2. The van der Waals surface area contributed by atoms with Gasteiger partial charge in [-0.2, -0.15) is 13.2 Å². The van der Waals surface area contributed by atoms with Gasteiger partial charge in [0.2, 0.25) is 70.9 Å². The molecule has 28 heteroatoms. The molecule has 0 aromatic heterocycles. The van der Waals surface area contributed by atoms with E-state index >= 15 is 4.79 Å². The van der Waals surface area contributed by atoms with Crippen LogP contribution in [0, 0.1) is 17.8 Å². The zero-order valence-electron chi connectivity index (χ0n) is 58.8. The number of likely N-dealkylation sites (tertiary alicyclic amines) is 1. The number of amides is 12. The van der Waals surface area contributed by atoms with Crippen LogP contribution in [0.1, 0.15) is 168 Å². The number of carbonyl (C=O) groups is 12. The molecule has 3 saturated heterocycles. The summed E-state index contributed by atoms with van der Waals surface area (Å²) >= 11 is 0. The molecule has 542 valence electrons. The summed E-state index contributed by atoms with van der Waals surface area (Å²) in [5.74, 6) is -7.71. The quantitative estimate of drug-likeness (QED) is 0.293. The Balaban J connectivity index is 1.30. The molecule has 0 spiro atoms. The van der Waals surface area contributed by atoms with Crippen molar-refractivity contribution < 1.29 is 75.4 Å². The highest BCUT2D eigenvalue weighted by Crippen LogP contribution is 2.34. The molecule has 1 aromatic carbocycles. The smallest absolute Gasteiger partial charge is 0.416 e. The predicted molar refractivity (Wildman–Crippen MR) is 354 cm³/mol. The highest BCUT2D eigenvalue weighted by atomic mass is 19.4. The number of hydrogen-bond acceptors (Lipinski definition) is 13. The topological polar surface area (TPSA) is 279 Å². The highest BCUT2D eigenvalue weighted by Gasteiger charge is 2.44. The number of likely N-dealkylation sites (N-methyl/N-ethyl adjacent to an activating group) is 7. The van der Waals surface area contributed by atoms with E-state index in [1.807, 2.05) is 6.92 Å². The Bertz CT molecular complexity index is 2900. The number of benzene rings is 1. The molecule has 8 atom stereocenters. The van der Waals surface area contributed by atoms with Crippen molar-refractivity contribution in [3.05, 3.63) is 29.8 Å². The number of alkyl halides is 3. The number of carbonyl (C=O) groups excluding carboxylic acids is 12. The Hall–Kier alpha value is -7.55. The van der Waals surface area contributed by atoms with Crippen LogP contribution < -0.4 is 20.7 Å². The van der Waals surface area contributed by atoms with E-state index in [-0.39, 0.29) is 68.9 Å². The molecule has 3 aliphatic heterocycles. The second-order valence-corrected chi connectivity index (χ2v) is 27.6. The van der Waals surface area contributed by atoms with Crippen LogP contribution in [0.2, 0.25) is 0 Å². The van der Waals surface area contributed by atoms with Gasteiger partial charge in [-0.3, -0.25) is 57.5 Å². The normalized spacial score (nSPS) is 26.4. The largest absolute Gasteiger partial charge is 0.494 e. The fraction of sp³-hybridized carbons (Fsp3) is 0.739. The van der Waals surface area contributed by atoms with Gasteiger partial charge in [0, 0.05) is 88.4 Å². The van der Waals surface area contributed by atoms with Gasteiger partial charge in [0.05, 0.1) is 38.2 Å². The Morgan fingerprint density at radius 2 is 1.21 bits per heavy atom. The molecule has 2 aliphatic carbocycles. The van der Waals surface area contributed by atoms with E-state index in [9.17, 15) is 65.9 Å². The Labute approximate surface area is 569 Å². The van der Waals surface area contributed by atoms with E-state index in [2.05, 4.69) is 16.0 Å². The Kier molecular flexibility index (Phi) is 29.8. The van der Waals surface area contributed by atoms with Crippen molar-refractivity contribution in [2.24, 2.45) is 17.8 Å². The van der Waals surface area contributed by atoms with Crippen LogP contribution in [0.15, 0.2) is 24.3 Å². The van der Waals surface area contributed by atoms with Gasteiger partial charge in [-0.05, 0) is 113 Å². The predicted octanol–water partition coefficient (Wildman–Crippen LogP) is 4.44. The minimum atomic E-state index is -4.60. The molecule has 25 nitrogen and oxygen atoms in total. The van der Waals surface area contributed by atoms with Crippen molar-refractivity contribution in [1.82, 2.24) is 60.0 Å². The fourth-order valence-electron chi connectivity index (χ4n) is 13.9. The molecule has 0 unspecified atom stereocenters. The molecule has 0 bridgehead atoms. The number of rotatable bonds is 10. The number of nitrogens with one attached hydrogen (secondary N) is 3. The van der Waals surface area contributed by atoms with Crippen LogP contribution in [0.4, 0.5) is 13.2 Å². The van der Waals surface area contributed by atoms with Crippen LogP contribution in [0.3, 0.4) is 0 Å². The second kappa shape index (κ2) is 36.9. The second-order valence-electron chi connectivity index (χ2n) is 27.6. The van der Waals surface area contributed by atoms with Gasteiger partial charge in [-0.1, -0.05) is 71.6 Å². The van der Waals surface area contributed by atoms with E-state index in [0.29, 0.717) is 51.6 Å². The van der Waals surface area contributed by atoms with Gasteiger partial charge >= 0.3 is 6.18 Å². The average Bonchev–Trinajstić information content (AvgIpc) is 1.03. The maximum absolute atomic E-state index is 15.2. The number of fused-ring (bicyclic) bond motifs is 1. The molecule has 2 saturated carbocycles.